The number of alkyl halides is 3. The van der Waals surface area contributed by atoms with E-state index < -0.39 is 12.8 Å². The van der Waals surface area contributed by atoms with Gasteiger partial charge < -0.3 is 0 Å². The highest BCUT2D eigenvalue weighted by Crippen LogP contribution is 2.15. The lowest BCUT2D eigenvalue weighted by molar-refractivity contribution is -0.190. The Balaban J connectivity index is 2.33. The molecule has 0 saturated heterocycles. The Morgan fingerprint density at radius 3 is 2.24 bits per heavy atom. The summed E-state index contributed by atoms with van der Waals surface area (Å²) in [6, 6.07) is 7.68. The maximum absolute atomic E-state index is 11.8. The topological polar surface area (TPSA) is 21.3 Å². The molecule has 0 amide bonds. The van der Waals surface area contributed by atoms with Crippen molar-refractivity contribution in [3.63, 3.8) is 0 Å². The Morgan fingerprint density at radius 2 is 1.76 bits per heavy atom. The first-order valence-electron chi connectivity index (χ1n) is 5.39. The Labute approximate surface area is 98.7 Å². The van der Waals surface area contributed by atoms with Gasteiger partial charge in [0.1, 0.15) is 0 Å². The van der Waals surface area contributed by atoms with Gasteiger partial charge in [0, 0.05) is 6.54 Å². The lowest BCUT2D eigenvalue weighted by atomic mass is 10.0. The monoisotopic (exact) mass is 247 g/mol. The normalized spacial score (nSPS) is 12.1. The number of hydroxylamine groups is 1. The second-order valence-electron chi connectivity index (χ2n) is 4.12. The van der Waals surface area contributed by atoms with Crippen LogP contribution < -0.4 is 5.48 Å². The summed E-state index contributed by atoms with van der Waals surface area (Å²) in [6.07, 6.45) is -4.30. The van der Waals surface area contributed by atoms with Crippen molar-refractivity contribution >= 4 is 0 Å². The molecule has 1 aromatic rings. The number of hydrogen-bond acceptors (Lipinski definition) is 2. The van der Waals surface area contributed by atoms with E-state index in [1.54, 1.807) is 0 Å². The summed E-state index contributed by atoms with van der Waals surface area (Å²) >= 11 is 0. The zero-order valence-electron chi connectivity index (χ0n) is 9.84. The maximum atomic E-state index is 11.8. The second-order valence-corrected chi connectivity index (χ2v) is 4.12. The Morgan fingerprint density at radius 1 is 1.18 bits per heavy atom. The average Bonchev–Trinajstić information content (AvgIpc) is 2.24. The number of halogens is 3. The van der Waals surface area contributed by atoms with Gasteiger partial charge in [-0.05, 0) is 17.0 Å². The zero-order chi connectivity index (χ0) is 12.9. The van der Waals surface area contributed by atoms with E-state index in [0.717, 1.165) is 5.56 Å². The van der Waals surface area contributed by atoms with Crippen LogP contribution in [0.15, 0.2) is 24.3 Å². The van der Waals surface area contributed by atoms with Crippen LogP contribution in [0.5, 0.6) is 0 Å². The number of hydrogen-bond donors (Lipinski definition) is 1. The van der Waals surface area contributed by atoms with E-state index in [-0.39, 0.29) is 6.54 Å². The molecule has 0 atom stereocenters. The SMILES string of the molecule is CC(C)c1ccc(CNOCC(F)(F)F)cc1. The van der Waals surface area contributed by atoms with Gasteiger partial charge in [0.15, 0.2) is 6.61 Å². The predicted molar refractivity (Wildman–Crippen MR) is 59.4 cm³/mol. The van der Waals surface area contributed by atoms with Crippen molar-refractivity contribution < 1.29 is 18.0 Å². The minimum atomic E-state index is -4.30. The van der Waals surface area contributed by atoms with Crippen molar-refractivity contribution in [2.75, 3.05) is 6.61 Å². The van der Waals surface area contributed by atoms with Gasteiger partial charge in [-0.15, -0.1) is 0 Å². The first kappa shape index (κ1) is 14.0. The van der Waals surface area contributed by atoms with Gasteiger partial charge in [-0.25, -0.2) is 0 Å². The van der Waals surface area contributed by atoms with E-state index in [1.165, 1.54) is 5.56 Å². The summed E-state index contributed by atoms with van der Waals surface area (Å²) < 4.78 is 35.3. The molecule has 0 fully saturated rings. The fourth-order valence-corrected chi connectivity index (χ4v) is 1.29. The lowest BCUT2D eigenvalue weighted by Crippen LogP contribution is -2.24. The molecule has 5 heteroatoms. The molecule has 1 N–H and O–H groups in total. The van der Waals surface area contributed by atoms with E-state index in [9.17, 15) is 13.2 Å². The van der Waals surface area contributed by atoms with Crippen molar-refractivity contribution in [1.29, 1.82) is 0 Å². The molecule has 0 bridgehead atoms. The average molecular weight is 247 g/mol. The van der Waals surface area contributed by atoms with Gasteiger partial charge in [-0.1, -0.05) is 38.1 Å². The van der Waals surface area contributed by atoms with E-state index in [0.29, 0.717) is 5.92 Å². The first-order chi connectivity index (χ1) is 7.88. The smallest absolute Gasteiger partial charge is 0.292 e. The summed E-state index contributed by atoms with van der Waals surface area (Å²) in [5.74, 6) is 0.443. The second kappa shape index (κ2) is 6.02. The van der Waals surface area contributed by atoms with Crippen LogP contribution in [0.4, 0.5) is 13.2 Å². The fourth-order valence-electron chi connectivity index (χ4n) is 1.29. The molecular formula is C12H16F3NO. The summed E-state index contributed by atoms with van der Waals surface area (Å²) in [7, 11) is 0. The van der Waals surface area contributed by atoms with Gasteiger partial charge in [0.05, 0.1) is 0 Å². The van der Waals surface area contributed by atoms with Gasteiger partial charge >= 0.3 is 6.18 Å². The highest BCUT2D eigenvalue weighted by Gasteiger charge is 2.27. The molecule has 0 aliphatic heterocycles. The zero-order valence-corrected chi connectivity index (χ0v) is 9.84. The van der Waals surface area contributed by atoms with Gasteiger partial charge in [0.25, 0.3) is 0 Å². The van der Waals surface area contributed by atoms with Gasteiger partial charge in [0.2, 0.25) is 0 Å². The quantitative estimate of drug-likeness (QED) is 0.636. The minimum Gasteiger partial charge on any atom is -0.292 e. The minimum absolute atomic E-state index is 0.258. The molecule has 96 valence electrons. The van der Waals surface area contributed by atoms with Crippen LogP contribution in [0, 0.1) is 0 Å². The highest BCUT2D eigenvalue weighted by molar-refractivity contribution is 5.24. The standard InChI is InChI=1S/C12H16F3NO/c1-9(2)11-5-3-10(4-6-11)7-16-17-8-12(13,14)15/h3-6,9,16H,7-8H2,1-2H3. The van der Waals surface area contributed by atoms with Crippen LogP contribution in [0.1, 0.15) is 30.9 Å². The van der Waals surface area contributed by atoms with Crippen molar-refractivity contribution in [2.45, 2.75) is 32.5 Å². The summed E-state index contributed by atoms with van der Waals surface area (Å²) in [6.45, 7) is 3.14. The van der Waals surface area contributed by atoms with Crippen molar-refractivity contribution in [2.24, 2.45) is 0 Å². The Kier molecular flexibility index (Phi) is 4.96. The van der Waals surface area contributed by atoms with Crippen LogP contribution in [-0.2, 0) is 11.4 Å². The van der Waals surface area contributed by atoms with Crippen LogP contribution in [0.3, 0.4) is 0 Å². The third kappa shape index (κ3) is 5.70. The number of rotatable bonds is 5. The van der Waals surface area contributed by atoms with Gasteiger partial charge in [-0.3, -0.25) is 4.84 Å². The van der Waals surface area contributed by atoms with Crippen LogP contribution in [-0.4, -0.2) is 12.8 Å². The van der Waals surface area contributed by atoms with Crippen LogP contribution >= 0.6 is 0 Å². The van der Waals surface area contributed by atoms with E-state index in [2.05, 4.69) is 24.2 Å². The summed E-state index contributed by atoms with van der Waals surface area (Å²) in [5, 5.41) is 0. The lowest BCUT2D eigenvalue weighted by Gasteiger charge is -2.09. The molecular weight excluding hydrogens is 231 g/mol. The molecule has 0 heterocycles. The van der Waals surface area contributed by atoms with E-state index in [4.69, 9.17) is 0 Å². The molecule has 0 saturated carbocycles. The third-order valence-corrected chi connectivity index (χ3v) is 2.26. The van der Waals surface area contributed by atoms with Crippen molar-refractivity contribution in [3.8, 4) is 0 Å². The summed E-state index contributed by atoms with van der Waals surface area (Å²) in [4.78, 5) is 4.30. The van der Waals surface area contributed by atoms with Crippen molar-refractivity contribution in [1.82, 2.24) is 5.48 Å². The third-order valence-electron chi connectivity index (χ3n) is 2.26. The highest BCUT2D eigenvalue weighted by atomic mass is 19.4. The molecule has 0 aliphatic carbocycles. The van der Waals surface area contributed by atoms with Crippen LogP contribution in [0.25, 0.3) is 0 Å². The summed E-state index contributed by atoms with van der Waals surface area (Å²) in [5.41, 5.74) is 4.37. The molecule has 17 heavy (non-hydrogen) atoms. The maximum Gasteiger partial charge on any atom is 0.413 e. The molecule has 0 unspecified atom stereocenters. The van der Waals surface area contributed by atoms with E-state index in [1.807, 2.05) is 24.3 Å². The Hall–Kier alpha value is -1.07. The molecule has 1 aromatic carbocycles. The number of nitrogens with one attached hydrogen (secondary N) is 1. The number of benzene rings is 1. The molecule has 0 aliphatic rings. The molecule has 1 rings (SSSR count). The molecule has 2 nitrogen and oxygen atoms in total. The van der Waals surface area contributed by atoms with Crippen molar-refractivity contribution in [3.05, 3.63) is 35.4 Å². The first-order valence-corrected chi connectivity index (χ1v) is 5.39. The molecule has 0 radical (unpaired) electrons. The van der Waals surface area contributed by atoms with Gasteiger partial charge in [-0.2, -0.15) is 18.7 Å². The van der Waals surface area contributed by atoms with E-state index >= 15 is 0 Å². The predicted octanol–water partition coefficient (Wildman–Crippen LogP) is 3.39. The fraction of sp³-hybridized carbons (Fsp3) is 0.500. The largest absolute Gasteiger partial charge is 0.413 e. The molecule has 0 aromatic heterocycles. The molecule has 0 spiro atoms. The Bertz CT molecular complexity index is 333. The van der Waals surface area contributed by atoms with Crippen LogP contribution in [0.2, 0.25) is 0 Å².